The molecule has 1 fully saturated rings. The number of rotatable bonds is 6. The van der Waals surface area contributed by atoms with Crippen molar-refractivity contribution in [3.8, 4) is 5.75 Å². The highest BCUT2D eigenvalue weighted by Crippen LogP contribution is 2.18. The minimum atomic E-state index is -1.25. The first kappa shape index (κ1) is 17.2. The number of carboxylic acid groups (broad SMARTS) is 1. The molecule has 3 rings (SSSR count). The van der Waals surface area contributed by atoms with Crippen LogP contribution >= 0.6 is 0 Å². The molecular formula is C19H16N2O5. The number of urea groups is 1. The van der Waals surface area contributed by atoms with E-state index in [1.807, 2.05) is 30.3 Å². The Labute approximate surface area is 149 Å². The Balaban J connectivity index is 1.65. The van der Waals surface area contributed by atoms with Gasteiger partial charge < -0.3 is 15.2 Å². The number of carbonyl (C=O) groups excluding carboxylic acids is 2. The van der Waals surface area contributed by atoms with Gasteiger partial charge in [-0.3, -0.25) is 9.59 Å². The third kappa shape index (κ3) is 4.07. The van der Waals surface area contributed by atoms with Crippen LogP contribution in [0, 0.1) is 0 Å². The molecular weight excluding hydrogens is 336 g/mol. The number of amides is 3. The van der Waals surface area contributed by atoms with Crippen molar-refractivity contribution in [2.24, 2.45) is 0 Å². The zero-order chi connectivity index (χ0) is 18.5. The van der Waals surface area contributed by atoms with Crippen LogP contribution in [-0.2, 0) is 16.2 Å². The molecule has 0 saturated carbocycles. The van der Waals surface area contributed by atoms with Crippen molar-refractivity contribution in [1.82, 2.24) is 10.2 Å². The van der Waals surface area contributed by atoms with Crippen molar-refractivity contribution in [3.05, 3.63) is 71.4 Å². The van der Waals surface area contributed by atoms with Gasteiger partial charge in [-0.05, 0) is 29.3 Å². The van der Waals surface area contributed by atoms with Gasteiger partial charge in [0.1, 0.15) is 24.6 Å². The zero-order valence-corrected chi connectivity index (χ0v) is 13.7. The fraction of sp³-hybridized carbons (Fsp3) is 0.105. The molecule has 3 amide bonds. The van der Waals surface area contributed by atoms with Gasteiger partial charge >= 0.3 is 12.0 Å². The lowest BCUT2D eigenvalue weighted by Crippen LogP contribution is -2.35. The number of benzene rings is 2. The second kappa shape index (κ2) is 7.52. The molecule has 7 nitrogen and oxygen atoms in total. The fourth-order valence-electron chi connectivity index (χ4n) is 2.42. The molecule has 0 unspecified atom stereocenters. The summed E-state index contributed by atoms with van der Waals surface area (Å²) >= 11 is 0. The lowest BCUT2D eigenvalue weighted by molar-refractivity contribution is -0.140. The summed E-state index contributed by atoms with van der Waals surface area (Å²) in [6, 6.07) is 16.0. The minimum absolute atomic E-state index is 0.0363. The topological polar surface area (TPSA) is 95.9 Å². The Hall–Kier alpha value is -3.61. The number of carboxylic acids is 1. The van der Waals surface area contributed by atoms with Gasteiger partial charge in [-0.1, -0.05) is 42.5 Å². The van der Waals surface area contributed by atoms with Gasteiger partial charge in [0.2, 0.25) is 0 Å². The Morgan fingerprint density at radius 2 is 1.77 bits per heavy atom. The molecule has 0 atom stereocenters. The van der Waals surface area contributed by atoms with Gasteiger partial charge in [-0.15, -0.1) is 0 Å². The average Bonchev–Trinajstić information content (AvgIpc) is 2.89. The number of nitrogens with one attached hydrogen (secondary N) is 1. The molecule has 0 bridgehead atoms. The number of hydrogen-bond acceptors (Lipinski definition) is 4. The van der Waals surface area contributed by atoms with Crippen molar-refractivity contribution >= 4 is 24.0 Å². The van der Waals surface area contributed by atoms with Gasteiger partial charge in [0.25, 0.3) is 5.91 Å². The highest BCUT2D eigenvalue weighted by molar-refractivity contribution is 6.15. The first-order valence-electron chi connectivity index (χ1n) is 7.86. The van der Waals surface area contributed by atoms with E-state index in [2.05, 4.69) is 5.32 Å². The summed E-state index contributed by atoms with van der Waals surface area (Å²) in [6.07, 6.45) is 1.49. The third-order valence-corrected chi connectivity index (χ3v) is 3.70. The quantitative estimate of drug-likeness (QED) is 0.614. The molecule has 2 aromatic rings. The summed E-state index contributed by atoms with van der Waals surface area (Å²) in [5.41, 5.74) is 1.77. The van der Waals surface area contributed by atoms with Gasteiger partial charge in [-0.2, -0.15) is 0 Å². The summed E-state index contributed by atoms with van der Waals surface area (Å²) in [7, 11) is 0. The van der Waals surface area contributed by atoms with Crippen LogP contribution in [0.15, 0.2) is 60.3 Å². The molecule has 2 aromatic carbocycles. The molecule has 26 heavy (non-hydrogen) atoms. The normalized spacial score (nSPS) is 15.2. The molecule has 7 heteroatoms. The van der Waals surface area contributed by atoms with E-state index in [1.165, 1.54) is 6.08 Å². The lowest BCUT2D eigenvalue weighted by Gasteiger charge is -2.07. The van der Waals surface area contributed by atoms with Crippen LogP contribution in [-0.4, -0.2) is 34.5 Å². The molecule has 1 aliphatic rings. The molecule has 1 aliphatic heterocycles. The molecule has 132 valence electrons. The maximum atomic E-state index is 12.1. The summed E-state index contributed by atoms with van der Waals surface area (Å²) in [5.74, 6) is -1.25. The third-order valence-electron chi connectivity index (χ3n) is 3.70. The molecule has 1 heterocycles. The van der Waals surface area contributed by atoms with Crippen LogP contribution in [0.3, 0.4) is 0 Å². The van der Waals surface area contributed by atoms with E-state index in [4.69, 9.17) is 9.84 Å². The van der Waals surface area contributed by atoms with Crippen LogP contribution in [0.5, 0.6) is 5.75 Å². The maximum absolute atomic E-state index is 12.1. The van der Waals surface area contributed by atoms with Gasteiger partial charge in [0, 0.05) is 0 Å². The first-order chi connectivity index (χ1) is 12.5. The van der Waals surface area contributed by atoms with Crippen molar-refractivity contribution in [2.75, 3.05) is 6.54 Å². The van der Waals surface area contributed by atoms with E-state index in [-0.39, 0.29) is 5.70 Å². The largest absolute Gasteiger partial charge is 0.489 e. The molecule has 1 saturated heterocycles. The summed E-state index contributed by atoms with van der Waals surface area (Å²) in [6.45, 7) is -0.228. The highest BCUT2D eigenvalue weighted by Gasteiger charge is 2.34. The molecule has 0 radical (unpaired) electrons. The monoisotopic (exact) mass is 352 g/mol. The summed E-state index contributed by atoms with van der Waals surface area (Å²) in [4.78, 5) is 35.1. The van der Waals surface area contributed by atoms with Crippen LogP contribution in [0.2, 0.25) is 0 Å². The van der Waals surface area contributed by atoms with E-state index < -0.39 is 24.5 Å². The van der Waals surface area contributed by atoms with Crippen molar-refractivity contribution in [2.45, 2.75) is 6.61 Å². The van der Waals surface area contributed by atoms with Crippen molar-refractivity contribution < 1.29 is 24.2 Å². The second-order valence-corrected chi connectivity index (χ2v) is 5.62. The predicted molar refractivity (Wildman–Crippen MR) is 93.1 cm³/mol. The second-order valence-electron chi connectivity index (χ2n) is 5.62. The Morgan fingerprint density at radius 3 is 2.42 bits per heavy atom. The fourth-order valence-corrected chi connectivity index (χ4v) is 2.42. The Bertz CT molecular complexity index is 859. The lowest BCUT2D eigenvalue weighted by atomic mass is 10.2. The summed E-state index contributed by atoms with van der Waals surface area (Å²) < 4.78 is 5.69. The SMILES string of the molecule is O=C(O)CN1C(=O)N/C(=C/c2ccc(OCc3ccccc3)cc2)C1=O. The van der Waals surface area contributed by atoms with Crippen LogP contribution in [0.25, 0.3) is 6.08 Å². The summed E-state index contributed by atoms with van der Waals surface area (Å²) in [5, 5.41) is 11.1. The van der Waals surface area contributed by atoms with E-state index in [0.29, 0.717) is 22.8 Å². The van der Waals surface area contributed by atoms with E-state index in [9.17, 15) is 14.4 Å². The smallest absolute Gasteiger partial charge is 0.329 e. The number of ether oxygens (including phenoxy) is 1. The van der Waals surface area contributed by atoms with Crippen LogP contribution < -0.4 is 10.1 Å². The minimum Gasteiger partial charge on any atom is -0.489 e. The van der Waals surface area contributed by atoms with E-state index >= 15 is 0 Å². The van der Waals surface area contributed by atoms with Crippen molar-refractivity contribution in [1.29, 1.82) is 0 Å². The standard InChI is InChI=1S/C19H16N2O5/c22-17(23)11-21-18(24)16(20-19(21)25)10-13-6-8-15(9-7-13)26-12-14-4-2-1-3-5-14/h1-10H,11-12H2,(H,20,25)(H,22,23)/b16-10+. The molecule has 0 aromatic heterocycles. The molecule has 0 spiro atoms. The number of nitrogens with zero attached hydrogens (tertiary/aromatic N) is 1. The molecule has 0 aliphatic carbocycles. The maximum Gasteiger partial charge on any atom is 0.329 e. The number of aliphatic carboxylic acids is 1. The highest BCUT2D eigenvalue weighted by atomic mass is 16.5. The van der Waals surface area contributed by atoms with Crippen LogP contribution in [0.4, 0.5) is 4.79 Å². The number of hydrogen-bond donors (Lipinski definition) is 2. The zero-order valence-electron chi connectivity index (χ0n) is 13.7. The number of imide groups is 1. The average molecular weight is 352 g/mol. The Morgan fingerprint density at radius 1 is 1.08 bits per heavy atom. The van der Waals surface area contributed by atoms with Crippen molar-refractivity contribution in [3.63, 3.8) is 0 Å². The Kier molecular flexibility index (Phi) is 4.98. The van der Waals surface area contributed by atoms with E-state index in [0.717, 1.165) is 5.56 Å². The first-order valence-corrected chi connectivity index (χ1v) is 7.86. The van der Waals surface area contributed by atoms with E-state index in [1.54, 1.807) is 24.3 Å². The van der Waals surface area contributed by atoms with Crippen LogP contribution in [0.1, 0.15) is 11.1 Å². The number of carbonyl (C=O) groups is 3. The predicted octanol–water partition coefficient (Wildman–Crippen LogP) is 2.24. The van der Waals surface area contributed by atoms with Gasteiger partial charge in [0.15, 0.2) is 0 Å². The van der Waals surface area contributed by atoms with Gasteiger partial charge in [0.05, 0.1) is 0 Å². The molecule has 2 N–H and O–H groups in total. The van der Waals surface area contributed by atoms with Gasteiger partial charge in [-0.25, -0.2) is 9.69 Å².